The number of nitrogens with one attached hydrogen (secondary N) is 1. The summed E-state index contributed by atoms with van der Waals surface area (Å²) in [6.45, 7) is 6.17. The Bertz CT molecular complexity index is 366. The molecule has 0 bridgehead atoms. The highest BCUT2D eigenvalue weighted by Gasteiger charge is 2.25. The van der Waals surface area contributed by atoms with Crippen molar-refractivity contribution in [2.45, 2.75) is 13.3 Å². The minimum Gasteiger partial charge on any atom is -0.385 e. The molecule has 0 radical (unpaired) electrons. The number of hydrogen-bond donors (Lipinski definition) is 1. The van der Waals surface area contributed by atoms with Gasteiger partial charge in [-0.15, -0.1) is 0 Å². The minimum absolute atomic E-state index is 0.924. The fourth-order valence-corrected chi connectivity index (χ4v) is 2.31. The average molecular weight is 207 g/mol. The molecule has 0 aromatic heterocycles. The third-order valence-corrected chi connectivity index (χ3v) is 3.03. The first-order valence-electron chi connectivity index (χ1n) is 4.59. The molecule has 2 rings (SSSR count). The van der Waals surface area contributed by atoms with Gasteiger partial charge in [0.1, 0.15) is 0 Å². The van der Waals surface area contributed by atoms with Gasteiger partial charge < -0.3 is 5.32 Å². The maximum absolute atomic E-state index is 4.56. The second-order valence-electron chi connectivity index (χ2n) is 3.04. The van der Waals surface area contributed by atoms with Crippen molar-refractivity contribution in [3.05, 3.63) is 35.3 Å². The molecule has 0 fully saturated rings. The zero-order valence-electron chi connectivity index (χ0n) is 8.37. The van der Waals surface area contributed by atoms with E-state index in [9.17, 15) is 0 Å². The SMILES string of the molecule is C=C1C(NC)=C(CC)N=C2SC=CN12. The summed E-state index contributed by atoms with van der Waals surface area (Å²) in [6.07, 6.45) is 2.92. The lowest BCUT2D eigenvalue weighted by Gasteiger charge is -2.27. The standard InChI is InChI=1S/C10H13N3S/c1-4-8-9(11-3)7(2)13-5-6-14-10(13)12-8/h5-6,11H,2,4H2,1,3H3. The third-order valence-electron chi connectivity index (χ3n) is 2.27. The molecule has 0 unspecified atom stereocenters. The molecule has 0 aromatic rings. The number of amidine groups is 1. The number of nitrogens with zero attached hydrogens (tertiary/aromatic N) is 2. The van der Waals surface area contributed by atoms with Gasteiger partial charge in [0.2, 0.25) is 0 Å². The molecule has 0 saturated carbocycles. The van der Waals surface area contributed by atoms with Crippen LogP contribution in [0.3, 0.4) is 0 Å². The van der Waals surface area contributed by atoms with Gasteiger partial charge in [0.25, 0.3) is 0 Å². The van der Waals surface area contributed by atoms with E-state index in [4.69, 9.17) is 0 Å². The van der Waals surface area contributed by atoms with Gasteiger partial charge in [-0.25, -0.2) is 4.99 Å². The summed E-state index contributed by atoms with van der Waals surface area (Å²) in [5.74, 6) is 0. The predicted molar refractivity (Wildman–Crippen MR) is 61.5 cm³/mol. The van der Waals surface area contributed by atoms with E-state index in [1.165, 1.54) is 0 Å². The Morgan fingerprint density at radius 1 is 1.64 bits per heavy atom. The fourth-order valence-electron chi connectivity index (χ4n) is 1.56. The van der Waals surface area contributed by atoms with Crippen LogP contribution in [-0.4, -0.2) is 17.1 Å². The molecule has 2 heterocycles. The van der Waals surface area contributed by atoms with E-state index in [1.807, 2.05) is 23.6 Å². The second kappa shape index (κ2) is 3.53. The fraction of sp³-hybridized carbons (Fsp3) is 0.300. The van der Waals surface area contributed by atoms with E-state index in [0.717, 1.165) is 28.7 Å². The van der Waals surface area contributed by atoms with E-state index in [1.54, 1.807) is 11.8 Å². The van der Waals surface area contributed by atoms with Gasteiger partial charge in [-0.1, -0.05) is 25.3 Å². The first-order valence-corrected chi connectivity index (χ1v) is 5.47. The van der Waals surface area contributed by atoms with Gasteiger partial charge in [0, 0.05) is 13.2 Å². The molecule has 14 heavy (non-hydrogen) atoms. The van der Waals surface area contributed by atoms with Crippen molar-refractivity contribution in [3.63, 3.8) is 0 Å². The molecular weight excluding hydrogens is 194 g/mol. The molecule has 0 saturated heterocycles. The summed E-state index contributed by atoms with van der Waals surface area (Å²) in [5.41, 5.74) is 3.11. The van der Waals surface area contributed by atoms with Crippen LogP contribution >= 0.6 is 11.8 Å². The van der Waals surface area contributed by atoms with Crippen molar-refractivity contribution in [2.24, 2.45) is 4.99 Å². The van der Waals surface area contributed by atoms with Crippen LogP contribution in [0.1, 0.15) is 13.3 Å². The number of likely N-dealkylation sites (N-methyl/N-ethyl adjacent to an activating group) is 1. The van der Waals surface area contributed by atoms with Gasteiger partial charge in [-0.05, 0) is 11.8 Å². The van der Waals surface area contributed by atoms with Crippen molar-refractivity contribution in [3.8, 4) is 0 Å². The van der Waals surface area contributed by atoms with E-state index in [-0.39, 0.29) is 0 Å². The highest BCUT2D eigenvalue weighted by molar-refractivity contribution is 8.16. The summed E-state index contributed by atoms with van der Waals surface area (Å²) in [6, 6.07) is 0. The Kier molecular flexibility index (Phi) is 2.37. The summed E-state index contributed by atoms with van der Waals surface area (Å²) < 4.78 is 0. The third kappa shape index (κ3) is 1.26. The molecule has 4 heteroatoms. The molecule has 0 aromatic carbocycles. The van der Waals surface area contributed by atoms with Crippen molar-refractivity contribution >= 4 is 16.9 Å². The minimum atomic E-state index is 0.924. The van der Waals surface area contributed by atoms with Gasteiger partial charge in [0.05, 0.1) is 17.1 Å². The lowest BCUT2D eigenvalue weighted by atomic mass is 10.2. The van der Waals surface area contributed by atoms with E-state index < -0.39 is 0 Å². The van der Waals surface area contributed by atoms with Crippen LogP contribution in [0.2, 0.25) is 0 Å². The Balaban J connectivity index is 2.44. The van der Waals surface area contributed by atoms with Gasteiger partial charge in [-0.3, -0.25) is 4.90 Å². The Hall–Kier alpha value is -1.16. The lowest BCUT2D eigenvalue weighted by molar-refractivity contribution is 0.673. The van der Waals surface area contributed by atoms with Crippen LogP contribution < -0.4 is 5.32 Å². The van der Waals surface area contributed by atoms with Crippen LogP contribution in [-0.2, 0) is 0 Å². The zero-order valence-corrected chi connectivity index (χ0v) is 9.19. The topological polar surface area (TPSA) is 27.6 Å². The number of rotatable bonds is 2. The Labute approximate surface area is 88.3 Å². The molecule has 1 N–H and O–H groups in total. The quantitative estimate of drug-likeness (QED) is 0.752. The molecule has 0 aliphatic carbocycles. The molecule has 0 spiro atoms. The molecule has 3 nitrogen and oxygen atoms in total. The molecule has 74 valence electrons. The zero-order chi connectivity index (χ0) is 10.1. The molecule has 0 atom stereocenters. The highest BCUT2D eigenvalue weighted by atomic mass is 32.2. The van der Waals surface area contributed by atoms with Crippen LogP contribution in [0.15, 0.2) is 40.3 Å². The van der Waals surface area contributed by atoms with Gasteiger partial charge >= 0.3 is 0 Å². The van der Waals surface area contributed by atoms with Crippen molar-refractivity contribution in [1.82, 2.24) is 10.2 Å². The Morgan fingerprint density at radius 3 is 3.07 bits per heavy atom. The highest BCUT2D eigenvalue weighted by Crippen LogP contribution is 2.32. The smallest absolute Gasteiger partial charge is 0.177 e. The molecule has 2 aliphatic heterocycles. The second-order valence-corrected chi connectivity index (χ2v) is 3.91. The number of thioether (sulfide) groups is 1. The van der Waals surface area contributed by atoms with Crippen LogP contribution in [0.25, 0.3) is 0 Å². The Morgan fingerprint density at radius 2 is 2.43 bits per heavy atom. The largest absolute Gasteiger partial charge is 0.385 e. The van der Waals surface area contributed by atoms with Crippen LogP contribution in [0, 0.1) is 0 Å². The molecular formula is C10H13N3S. The van der Waals surface area contributed by atoms with Crippen LogP contribution in [0.5, 0.6) is 0 Å². The maximum atomic E-state index is 4.56. The summed E-state index contributed by atoms with van der Waals surface area (Å²) in [7, 11) is 1.91. The maximum Gasteiger partial charge on any atom is 0.177 e. The first-order chi connectivity index (χ1) is 6.77. The van der Waals surface area contributed by atoms with Gasteiger partial charge in [-0.2, -0.15) is 0 Å². The number of hydrogen-bond acceptors (Lipinski definition) is 4. The molecule has 0 amide bonds. The van der Waals surface area contributed by atoms with E-state index in [0.29, 0.717) is 0 Å². The first kappa shape index (κ1) is 9.40. The monoisotopic (exact) mass is 207 g/mol. The van der Waals surface area contributed by atoms with E-state index >= 15 is 0 Å². The van der Waals surface area contributed by atoms with Crippen LogP contribution in [0.4, 0.5) is 0 Å². The average Bonchev–Trinajstić information content (AvgIpc) is 2.65. The predicted octanol–water partition coefficient (Wildman–Crippen LogP) is 2.23. The van der Waals surface area contributed by atoms with Gasteiger partial charge in [0.15, 0.2) is 5.17 Å². The summed E-state index contributed by atoms with van der Waals surface area (Å²) in [5, 5.41) is 6.18. The van der Waals surface area contributed by atoms with E-state index in [2.05, 4.69) is 23.8 Å². The number of aliphatic imine (C=N–C) groups is 1. The normalized spacial score (nSPS) is 20.0. The number of allylic oxidation sites excluding steroid dienone is 1. The summed E-state index contributed by atoms with van der Waals surface area (Å²) in [4.78, 5) is 6.57. The summed E-state index contributed by atoms with van der Waals surface area (Å²) >= 11 is 1.63. The molecule has 2 aliphatic rings. The van der Waals surface area contributed by atoms with Crippen molar-refractivity contribution in [2.75, 3.05) is 7.05 Å². The number of fused-ring (bicyclic) bond motifs is 1. The lowest BCUT2D eigenvalue weighted by Crippen LogP contribution is -2.28. The van der Waals surface area contributed by atoms with Crippen molar-refractivity contribution < 1.29 is 0 Å². The van der Waals surface area contributed by atoms with Crippen molar-refractivity contribution in [1.29, 1.82) is 0 Å².